The van der Waals surface area contributed by atoms with E-state index in [0.717, 1.165) is 19.3 Å². The highest BCUT2D eigenvalue weighted by Gasteiger charge is 2.08. The topological polar surface area (TPSA) is 43.8 Å². The van der Waals surface area contributed by atoms with E-state index in [0.29, 0.717) is 0 Å². The van der Waals surface area contributed by atoms with E-state index in [1.165, 1.54) is 21.9 Å². The third-order valence-corrected chi connectivity index (χ3v) is 3.92. The molecule has 0 radical (unpaired) electrons. The highest BCUT2D eigenvalue weighted by atomic mass is 15.2. The second kappa shape index (κ2) is 6.10. The van der Waals surface area contributed by atoms with Gasteiger partial charge in [0.25, 0.3) is 0 Å². The second-order valence-electron chi connectivity index (χ2n) is 5.66. The molecule has 0 spiro atoms. The molecule has 1 aromatic heterocycles. The molecule has 0 aliphatic carbocycles. The van der Waals surface area contributed by atoms with Gasteiger partial charge >= 0.3 is 0 Å². The molecule has 1 atom stereocenters. The molecule has 0 aliphatic rings. The van der Waals surface area contributed by atoms with Crippen LogP contribution in [-0.4, -0.2) is 15.8 Å². The van der Waals surface area contributed by atoms with Crippen LogP contribution in [0.2, 0.25) is 0 Å². The van der Waals surface area contributed by atoms with Gasteiger partial charge < -0.3 is 5.73 Å². The van der Waals surface area contributed by atoms with Crippen LogP contribution in [-0.2, 0) is 19.9 Å². The summed E-state index contributed by atoms with van der Waals surface area (Å²) in [5, 5.41) is 6.80. The normalized spacial score (nSPS) is 12.7. The molecule has 3 nitrogen and oxygen atoms in total. The van der Waals surface area contributed by atoms with Crippen LogP contribution in [0.1, 0.15) is 17.5 Å². The van der Waals surface area contributed by atoms with Crippen molar-refractivity contribution in [1.29, 1.82) is 0 Å². The first-order valence-corrected chi connectivity index (χ1v) is 7.42. The summed E-state index contributed by atoms with van der Waals surface area (Å²) in [5.74, 6) is 0. The number of rotatable bonds is 5. The summed E-state index contributed by atoms with van der Waals surface area (Å²) in [4.78, 5) is 0. The van der Waals surface area contributed by atoms with Gasteiger partial charge in [-0.05, 0) is 41.2 Å². The van der Waals surface area contributed by atoms with Gasteiger partial charge in [0.2, 0.25) is 0 Å². The Morgan fingerprint density at radius 3 is 2.76 bits per heavy atom. The third kappa shape index (κ3) is 3.31. The summed E-state index contributed by atoms with van der Waals surface area (Å²) in [6.07, 6.45) is 6.87. The van der Waals surface area contributed by atoms with Gasteiger partial charge in [0.1, 0.15) is 0 Å². The van der Waals surface area contributed by atoms with Crippen molar-refractivity contribution in [3.63, 3.8) is 0 Å². The summed E-state index contributed by atoms with van der Waals surface area (Å²) >= 11 is 0. The van der Waals surface area contributed by atoms with E-state index in [-0.39, 0.29) is 6.04 Å². The van der Waals surface area contributed by atoms with Crippen molar-refractivity contribution in [1.82, 2.24) is 9.78 Å². The lowest BCUT2D eigenvalue weighted by Gasteiger charge is -2.13. The number of hydrogen-bond donors (Lipinski definition) is 1. The van der Waals surface area contributed by atoms with Crippen LogP contribution in [0.25, 0.3) is 10.8 Å². The molecule has 3 rings (SSSR count). The Kier molecular flexibility index (Phi) is 4.02. The van der Waals surface area contributed by atoms with Crippen molar-refractivity contribution >= 4 is 10.8 Å². The number of aromatic nitrogens is 2. The molecule has 2 aromatic carbocycles. The van der Waals surface area contributed by atoms with Crippen LogP contribution in [0.3, 0.4) is 0 Å². The Balaban J connectivity index is 1.67. The first-order chi connectivity index (χ1) is 10.2. The molecule has 2 N–H and O–H groups in total. The van der Waals surface area contributed by atoms with Gasteiger partial charge in [-0.25, -0.2) is 0 Å². The molecule has 0 aliphatic heterocycles. The maximum Gasteiger partial charge on any atom is 0.0521 e. The summed E-state index contributed by atoms with van der Waals surface area (Å²) < 4.78 is 1.84. The van der Waals surface area contributed by atoms with E-state index in [1.54, 1.807) is 0 Å². The van der Waals surface area contributed by atoms with Crippen LogP contribution in [0.4, 0.5) is 0 Å². The lowest BCUT2D eigenvalue weighted by atomic mass is 9.96. The molecule has 0 bridgehead atoms. The van der Waals surface area contributed by atoms with E-state index < -0.39 is 0 Å². The maximum absolute atomic E-state index is 6.32. The van der Waals surface area contributed by atoms with Crippen LogP contribution >= 0.6 is 0 Å². The number of hydrogen-bond acceptors (Lipinski definition) is 2. The molecule has 1 unspecified atom stereocenters. The van der Waals surface area contributed by atoms with Crippen LogP contribution < -0.4 is 5.73 Å². The molecule has 0 saturated heterocycles. The number of benzene rings is 2. The minimum atomic E-state index is 0.177. The summed E-state index contributed by atoms with van der Waals surface area (Å²) in [5.41, 5.74) is 8.92. The predicted molar refractivity (Wildman–Crippen MR) is 87.2 cm³/mol. The highest BCUT2D eigenvalue weighted by Crippen LogP contribution is 2.20. The van der Waals surface area contributed by atoms with Crippen LogP contribution in [0, 0.1) is 0 Å². The Morgan fingerprint density at radius 1 is 1.14 bits per heavy atom. The largest absolute Gasteiger partial charge is 0.327 e. The maximum atomic E-state index is 6.32. The minimum Gasteiger partial charge on any atom is -0.327 e. The van der Waals surface area contributed by atoms with Crippen LogP contribution in [0.5, 0.6) is 0 Å². The predicted octanol–water partition coefficient (Wildman–Crippen LogP) is 3.08. The fraction of sp³-hybridized carbons (Fsp3) is 0.278. The van der Waals surface area contributed by atoms with E-state index in [9.17, 15) is 0 Å². The van der Waals surface area contributed by atoms with Crippen molar-refractivity contribution in [3.8, 4) is 0 Å². The third-order valence-electron chi connectivity index (χ3n) is 3.92. The number of fused-ring (bicyclic) bond motifs is 1. The second-order valence-corrected chi connectivity index (χ2v) is 5.66. The summed E-state index contributed by atoms with van der Waals surface area (Å²) in [6.45, 7) is 0. The molecule has 0 fully saturated rings. The molecule has 21 heavy (non-hydrogen) atoms. The van der Waals surface area contributed by atoms with E-state index in [2.05, 4.69) is 53.8 Å². The van der Waals surface area contributed by atoms with E-state index in [4.69, 9.17) is 5.73 Å². The van der Waals surface area contributed by atoms with Gasteiger partial charge in [-0.2, -0.15) is 5.10 Å². The average Bonchev–Trinajstić information content (AvgIpc) is 2.91. The molecular weight excluding hydrogens is 258 g/mol. The zero-order chi connectivity index (χ0) is 14.7. The molecule has 108 valence electrons. The summed E-state index contributed by atoms with van der Waals surface area (Å²) in [7, 11) is 1.94. The number of aryl methyl sites for hydroxylation is 2. The van der Waals surface area contributed by atoms with Gasteiger partial charge in [-0.3, -0.25) is 4.68 Å². The monoisotopic (exact) mass is 279 g/mol. The van der Waals surface area contributed by atoms with Crippen LogP contribution in [0.15, 0.2) is 54.9 Å². The fourth-order valence-corrected chi connectivity index (χ4v) is 2.81. The zero-order valence-electron chi connectivity index (χ0n) is 12.4. The number of nitrogens with zero attached hydrogens (tertiary/aromatic N) is 2. The lowest BCUT2D eigenvalue weighted by molar-refractivity contribution is 0.612. The highest BCUT2D eigenvalue weighted by molar-refractivity contribution is 5.85. The van der Waals surface area contributed by atoms with Crippen molar-refractivity contribution in [2.75, 3.05) is 0 Å². The molecule has 0 saturated carbocycles. The smallest absolute Gasteiger partial charge is 0.0521 e. The SMILES string of the molecule is Cn1cc(CCC(N)Cc2cccc3ccccc23)cn1. The Labute approximate surface area is 125 Å². The van der Waals surface area contributed by atoms with Crippen molar-refractivity contribution in [2.45, 2.75) is 25.3 Å². The van der Waals surface area contributed by atoms with Gasteiger partial charge in [0.15, 0.2) is 0 Å². The van der Waals surface area contributed by atoms with E-state index in [1.807, 2.05) is 17.9 Å². The minimum absolute atomic E-state index is 0.177. The Bertz CT molecular complexity index is 725. The van der Waals surface area contributed by atoms with Gasteiger partial charge in [0, 0.05) is 19.3 Å². The van der Waals surface area contributed by atoms with Crippen molar-refractivity contribution in [2.24, 2.45) is 12.8 Å². The molecule has 3 heteroatoms. The lowest BCUT2D eigenvalue weighted by Crippen LogP contribution is -2.23. The first-order valence-electron chi connectivity index (χ1n) is 7.42. The quantitative estimate of drug-likeness (QED) is 0.780. The van der Waals surface area contributed by atoms with Gasteiger partial charge in [0.05, 0.1) is 6.20 Å². The van der Waals surface area contributed by atoms with Gasteiger partial charge in [-0.15, -0.1) is 0 Å². The zero-order valence-corrected chi connectivity index (χ0v) is 12.4. The average molecular weight is 279 g/mol. The Hall–Kier alpha value is -2.13. The number of nitrogens with two attached hydrogens (primary N) is 1. The van der Waals surface area contributed by atoms with Gasteiger partial charge in [-0.1, -0.05) is 42.5 Å². The van der Waals surface area contributed by atoms with Crippen molar-refractivity contribution < 1.29 is 0 Å². The molecule has 3 aromatic rings. The molecule has 0 amide bonds. The standard InChI is InChI=1S/C18H21N3/c1-21-13-14(12-20-21)9-10-17(19)11-16-7-4-6-15-5-2-3-8-18(15)16/h2-8,12-13,17H,9-11,19H2,1H3. The Morgan fingerprint density at radius 2 is 1.95 bits per heavy atom. The first kappa shape index (κ1) is 13.8. The van der Waals surface area contributed by atoms with Crippen molar-refractivity contribution in [3.05, 3.63) is 66.0 Å². The molecular formula is C18H21N3. The molecule has 1 heterocycles. The fourth-order valence-electron chi connectivity index (χ4n) is 2.81. The summed E-state index contributed by atoms with van der Waals surface area (Å²) in [6, 6.07) is 15.1. The van der Waals surface area contributed by atoms with E-state index >= 15 is 0 Å².